The van der Waals surface area contributed by atoms with Gasteiger partial charge in [-0.15, -0.1) is 0 Å². The molecule has 0 N–H and O–H groups in total. The minimum absolute atomic E-state index is 0.562. The van der Waals surface area contributed by atoms with Gasteiger partial charge in [0.1, 0.15) is 12.4 Å². The molecule has 100 valence electrons. The first-order chi connectivity index (χ1) is 9.29. The van der Waals surface area contributed by atoms with Gasteiger partial charge in [0.15, 0.2) is 0 Å². The first-order valence-electron chi connectivity index (χ1n) is 6.36. The SMILES string of the molecule is CCOCCOc1cccc(-c2cccc(Cl)c2)c1. The van der Waals surface area contributed by atoms with Crippen molar-refractivity contribution < 1.29 is 9.47 Å². The zero-order chi connectivity index (χ0) is 13.5. The van der Waals surface area contributed by atoms with E-state index in [0.29, 0.717) is 19.8 Å². The minimum atomic E-state index is 0.562. The van der Waals surface area contributed by atoms with Crippen LogP contribution in [-0.2, 0) is 4.74 Å². The molecule has 0 fully saturated rings. The third-order valence-corrected chi connectivity index (χ3v) is 2.93. The van der Waals surface area contributed by atoms with E-state index in [-0.39, 0.29) is 0 Å². The monoisotopic (exact) mass is 276 g/mol. The van der Waals surface area contributed by atoms with Crippen LogP contribution in [0.15, 0.2) is 48.5 Å². The summed E-state index contributed by atoms with van der Waals surface area (Å²) >= 11 is 6.01. The summed E-state index contributed by atoms with van der Waals surface area (Å²) in [5.41, 5.74) is 2.18. The zero-order valence-electron chi connectivity index (χ0n) is 10.9. The van der Waals surface area contributed by atoms with E-state index >= 15 is 0 Å². The van der Waals surface area contributed by atoms with Gasteiger partial charge in [-0.2, -0.15) is 0 Å². The lowest BCUT2D eigenvalue weighted by atomic mass is 10.1. The second-order valence-corrected chi connectivity index (χ2v) is 4.52. The average Bonchev–Trinajstić information content (AvgIpc) is 2.44. The van der Waals surface area contributed by atoms with Crippen LogP contribution in [0.25, 0.3) is 11.1 Å². The van der Waals surface area contributed by atoms with Crippen LogP contribution in [0.4, 0.5) is 0 Å². The lowest BCUT2D eigenvalue weighted by Crippen LogP contribution is -2.06. The van der Waals surface area contributed by atoms with Crippen LogP contribution in [0.2, 0.25) is 5.02 Å². The van der Waals surface area contributed by atoms with E-state index in [4.69, 9.17) is 21.1 Å². The van der Waals surface area contributed by atoms with E-state index in [2.05, 4.69) is 0 Å². The van der Waals surface area contributed by atoms with Crippen molar-refractivity contribution in [2.75, 3.05) is 19.8 Å². The standard InChI is InChI=1S/C16H17ClO2/c1-2-18-9-10-19-16-8-4-6-14(12-16)13-5-3-7-15(17)11-13/h3-8,11-12H,2,9-10H2,1H3. The molecule has 2 aromatic carbocycles. The van der Waals surface area contributed by atoms with Crippen molar-refractivity contribution in [1.82, 2.24) is 0 Å². The zero-order valence-corrected chi connectivity index (χ0v) is 11.7. The van der Waals surface area contributed by atoms with Gasteiger partial charge in [-0.1, -0.05) is 35.9 Å². The molecule has 0 bridgehead atoms. The molecule has 0 saturated heterocycles. The van der Waals surface area contributed by atoms with Crippen molar-refractivity contribution in [3.8, 4) is 16.9 Å². The van der Waals surface area contributed by atoms with Gasteiger partial charge in [0.2, 0.25) is 0 Å². The second kappa shape index (κ2) is 7.17. The van der Waals surface area contributed by atoms with Gasteiger partial charge >= 0.3 is 0 Å². The highest BCUT2D eigenvalue weighted by molar-refractivity contribution is 6.30. The predicted octanol–water partition coefficient (Wildman–Crippen LogP) is 4.42. The Bertz CT molecular complexity index is 526. The average molecular weight is 277 g/mol. The first-order valence-corrected chi connectivity index (χ1v) is 6.74. The van der Waals surface area contributed by atoms with Crippen LogP contribution in [-0.4, -0.2) is 19.8 Å². The smallest absolute Gasteiger partial charge is 0.120 e. The Morgan fingerprint density at radius 3 is 2.42 bits per heavy atom. The third kappa shape index (κ3) is 4.27. The van der Waals surface area contributed by atoms with Crippen molar-refractivity contribution >= 4 is 11.6 Å². The number of ether oxygens (including phenoxy) is 2. The summed E-state index contributed by atoms with van der Waals surface area (Å²) in [4.78, 5) is 0. The maximum absolute atomic E-state index is 6.01. The first kappa shape index (κ1) is 13.9. The molecule has 3 heteroatoms. The van der Waals surface area contributed by atoms with E-state index in [1.807, 2.05) is 55.5 Å². The molecule has 0 radical (unpaired) electrons. The quantitative estimate of drug-likeness (QED) is 0.727. The van der Waals surface area contributed by atoms with Gasteiger partial charge in [0, 0.05) is 11.6 Å². The molecule has 19 heavy (non-hydrogen) atoms. The summed E-state index contributed by atoms with van der Waals surface area (Å²) in [5, 5.41) is 0.736. The second-order valence-electron chi connectivity index (χ2n) is 4.08. The van der Waals surface area contributed by atoms with Crippen molar-refractivity contribution in [3.63, 3.8) is 0 Å². The van der Waals surface area contributed by atoms with Gasteiger partial charge in [0.25, 0.3) is 0 Å². The summed E-state index contributed by atoms with van der Waals surface area (Å²) in [6.07, 6.45) is 0. The van der Waals surface area contributed by atoms with Crippen LogP contribution in [0.3, 0.4) is 0 Å². The molecule has 0 unspecified atom stereocenters. The van der Waals surface area contributed by atoms with Crippen LogP contribution < -0.4 is 4.74 Å². The summed E-state index contributed by atoms with van der Waals surface area (Å²) in [7, 11) is 0. The molecule has 0 aliphatic rings. The summed E-state index contributed by atoms with van der Waals surface area (Å²) < 4.78 is 10.9. The Kier molecular flexibility index (Phi) is 5.25. The molecule has 2 aromatic rings. The third-order valence-electron chi connectivity index (χ3n) is 2.69. The highest BCUT2D eigenvalue weighted by Crippen LogP contribution is 2.25. The number of hydrogen-bond acceptors (Lipinski definition) is 2. The molecule has 2 nitrogen and oxygen atoms in total. The van der Waals surface area contributed by atoms with Gasteiger partial charge in [0.05, 0.1) is 6.61 Å². The Hall–Kier alpha value is -1.51. The lowest BCUT2D eigenvalue weighted by molar-refractivity contribution is 0.110. The highest BCUT2D eigenvalue weighted by atomic mass is 35.5. The van der Waals surface area contributed by atoms with E-state index < -0.39 is 0 Å². The van der Waals surface area contributed by atoms with Crippen LogP contribution in [0.1, 0.15) is 6.92 Å². The van der Waals surface area contributed by atoms with Crippen molar-refractivity contribution in [2.24, 2.45) is 0 Å². The summed E-state index contributed by atoms with van der Waals surface area (Å²) in [6.45, 7) is 3.86. The van der Waals surface area contributed by atoms with Gasteiger partial charge in [-0.25, -0.2) is 0 Å². The normalized spacial score (nSPS) is 10.4. The Balaban J connectivity index is 2.06. The molecule has 0 heterocycles. The largest absolute Gasteiger partial charge is 0.491 e. The minimum Gasteiger partial charge on any atom is -0.491 e. The fourth-order valence-corrected chi connectivity index (χ4v) is 1.99. The molecular formula is C16H17ClO2. The molecule has 0 atom stereocenters. The van der Waals surface area contributed by atoms with Crippen molar-refractivity contribution in [3.05, 3.63) is 53.6 Å². The number of halogens is 1. The van der Waals surface area contributed by atoms with Crippen LogP contribution >= 0.6 is 11.6 Å². The van der Waals surface area contributed by atoms with E-state index in [1.54, 1.807) is 0 Å². The maximum atomic E-state index is 6.01. The topological polar surface area (TPSA) is 18.5 Å². The number of benzene rings is 2. The molecule has 2 rings (SSSR count). The maximum Gasteiger partial charge on any atom is 0.120 e. The van der Waals surface area contributed by atoms with Crippen LogP contribution in [0, 0.1) is 0 Å². The Labute approximate surface area is 118 Å². The lowest BCUT2D eigenvalue weighted by Gasteiger charge is -2.08. The highest BCUT2D eigenvalue weighted by Gasteiger charge is 2.01. The van der Waals surface area contributed by atoms with Gasteiger partial charge in [-0.05, 0) is 42.3 Å². The van der Waals surface area contributed by atoms with Crippen molar-refractivity contribution in [1.29, 1.82) is 0 Å². The van der Waals surface area contributed by atoms with Gasteiger partial charge < -0.3 is 9.47 Å². The fraction of sp³-hybridized carbons (Fsp3) is 0.250. The van der Waals surface area contributed by atoms with Crippen LogP contribution in [0.5, 0.6) is 5.75 Å². The fourth-order valence-electron chi connectivity index (χ4n) is 1.80. The summed E-state index contributed by atoms with van der Waals surface area (Å²) in [5.74, 6) is 0.845. The van der Waals surface area contributed by atoms with E-state index in [0.717, 1.165) is 21.9 Å². The molecule has 0 amide bonds. The number of rotatable bonds is 6. The Morgan fingerprint density at radius 2 is 1.68 bits per heavy atom. The molecule has 0 aromatic heterocycles. The van der Waals surface area contributed by atoms with E-state index in [9.17, 15) is 0 Å². The van der Waals surface area contributed by atoms with Crippen molar-refractivity contribution in [2.45, 2.75) is 6.92 Å². The molecule has 0 spiro atoms. The van der Waals surface area contributed by atoms with E-state index in [1.165, 1.54) is 0 Å². The number of hydrogen-bond donors (Lipinski definition) is 0. The summed E-state index contributed by atoms with van der Waals surface area (Å²) in [6, 6.07) is 15.8. The Morgan fingerprint density at radius 1 is 0.947 bits per heavy atom. The molecular weight excluding hydrogens is 260 g/mol. The van der Waals surface area contributed by atoms with Gasteiger partial charge in [-0.3, -0.25) is 0 Å². The predicted molar refractivity (Wildman–Crippen MR) is 78.9 cm³/mol. The molecule has 0 saturated carbocycles. The molecule has 0 aliphatic carbocycles. The molecule has 0 aliphatic heterocycles.